The minimum absolute atomic E-state index is 0.300. The van der Waals surface area contributed by atoms with Crippen LogP contribution in [-0.2, 0) is 0 Å². The van der Waals surface area contributed by atoms with Crippen molar-refractivity contribution in [3.63, 3.8) is 0 Å². The van der Waals surface area contributed by atoms with Gasteiger partial charge in [-0.3, -0.25) is 4.79 Å². The van der Waals surface area contributed by atoms with Crippen molar-refractivity contribution >= 4 is 5.97 Å². The number of carboxylic acid groups (broad SMARTS) is 1. The summed E-state index contributed by atoms with van der Waals surface area (Å²) in [5, 5.41) is 9.09. The molecule has 1 heterocycles. The molecule has 2 rings (SSSR count). The van der Waals surface area contributed by atoms with Crippen molar-refractivity contribution in [3.8, 4) is 17.2 Å². The molecule has 1 aromatic carbocycles. The van der Waals surface area contributed by atoms with Gasteiger partial charge in [0.25, 0.3) is 0 Å². The van der Waals surface area contributed by atoms with E-state index in [1.54, 1.807) is 29.7 Å². The summed E-state index contributed by atoms with van der Waals surface area (Å²) in [5.41, 5.74) is 0.358. The molecule has 0 atom stereocenters. The van der Waals surface area contributed by atoms with Crippen LogP contribution in [0.1, 0.15) is 16.1 Å². The topological polar surface area (TPSA) is 77.8 Å². The Hall–Kier alpha value is -2.76. The van der Waals surface area contributed by atoms with E-state index in [4.69, 9.17) is 14.6 Å². The second-order valence-corrected chi connectivity index (χ2v) is 4.41. The van der Waals surface area contributed by atoms with E-state index in [0.717, 1.165) is 0 Å². The molecule has 21 heavy (non-hydrogen) atoms. The molecule has 1 N–H and O–H groups in total. The second-order valence-electron chi connectivity index (χ2n) is 4.41. The van der Waals surface area contributed by atoms with Gasteiger partial charge in [-0.25, -0.2) is 4.79 Å². The SMILES string of the molecule is COc1ccc(OC)c(-n2cc(C(=O)O)c(=O)cc2C)c1. The molecule has 0 fully saturated rings. The first-order valence-electron chi connectivity index (χ1n) is 6.17. The third-order valence-corrected chi connectivity index (χ3v) is 3.12. The molecule has 0 saturated carbocycles. The van der Waals surface area contributed by atoms with E-state index < -0.39 is 11.4 Å². The fourth-order valence-electron chi connectivity index (χ4n) is 2.04. The average Bonchev–Trinajstić information content (AvgIpc) is 2.46. The Morgan fingerprint density at radius 1 is 1.19 bits per heavy atom. The van der Waals surface area contributed by atoms with E-state index in [9.17, 15) is 9.59 Å². The zero-order valence-electron chi connectivity index (χ0n) is 11.9. The maximum absolute atomic E-state index is 11.7. The molecule has 0 saturated heterocycles. The molecule has 0 aliphatic heterocycles. The molecule has 0 unspecified atom stereocenters. The number of aromatic nitrogens is 1. The number of hydrogen-bond donors (Lipinski definition) is 1. The number of aromatic carboxylic acids is 1. The number of ether oxygens (including phenoxy) is 2. The van der Waals surface area contributed by atoms with Crippen LogP contribution in [0.4, 0.5) is 0 Å². The average molecular weight is 289 g/mol. The maximum atomic E-state index is 11.7. The molecule has 110 valence electrons. The monoisotopic (exact) mass is 289 g/mol. The van der Waals surface area contributed by atoms with Crippen LogP contribution in [0.25, 0.3) is 5.69 Å². The Morgan fingerprint density at radius 2 is 1.90 bits per heavy atom. The zero-order valence-corrected chi connectivity index (χ0v) is 11.9. The number of methoxy groups -OCH3 is 2. The highest BCUT2D eigenvalue weighted by atomic mass is 16.5. The second kappa shape index (κ2) is 5.70. The molecule has 0 bridgehead atoms. The van der Waals surface area contributed by atoms with Crippen molar-refractivity contribution in [2.75, 3.05) is 14.2 Å². The van der Waals surface area contributed by atoms with Gasteiger partial charge in [0, 0.05) is 24.0 Å². The molecule has 0 radical (unpaired) electrons. The lowest BCUT2D eigenvalue weighted by atomic mass is 10.2. The molecule has 6 nitrogen and oxygen atoms in total. The Morgan fingerprint density at radius 3 is 2.48 bits per heavy atom. The molecular weight excluding hydrogens is 274 g/mol. The van der Waals surface area contributed by atoms with E-state index in [0.29, 0.717) is 22.9 Å². The van der Waals surface area contributed by atoms with E-state index in [1.165, 1.54) is 26.5 Å². The van der Waals surface area contributed by atoms with E-state index in [2.05, 4.69) is 0 Å². The zero-order chi connectivity index (χ0) is 15.6. The number of rotatable bonds is 4. The van der Waals surface area contributed by atoms with Crippen LogP contribution >= 0.6 is 0 Å². The molecule has 0 aliphatic carbocycles. The minimum Gasteiger partial charge on any atom is -0.497 e. The molecule has 0 aliphatic rings. The number of aryl methyl sites for hydroxylation is 1. The Kier molecular flexibility index (Phi) is 3.98. The van der Waals surface area contributed by atoms with Crippen molar-refractivity contribution in [2.24, 2.45) is 0 Å². The number of pyridine rings is 1. The highest BCUT2D eigenvalue weighted by molar-refractivity contribution is 5.87. The van der Waals surface area contributed by atoms with Gasteiger partial charge >= 0.3 is 5.97 Å². The molecule has 1 aromatic heterocycles. The first kappa shape index (κ1) is 14.6. The number of benzene rings is 1. The summed E-state index contributed by atoms with van der Waals surface area (Å²) >= 11 is 0. The van der Waals surface area contributed by atoms with E-state index in [-0.39, 0.29) is 5.56 Å². The van der Waals surface area contributed by atoms with Crippen molar-refractivity contribution in [3.05, 3.63) is 51.9 Å². The molecule has 6 heteroatoms. The third kappa shape index (κ3) is 2.74. The third-order valence-electron chi connectivity index (χ3n) is 3.12. The van der Waals surface area contributed by atoms with Crippen LogP contribution in [0.3, 0.4) is 0 Å². The summed E-state index contributed by atoms with van der Waals surface area (Å²) in [7, 11) is 3.05. The van der Waals surface area contributed by atoms with Crippen LogP contribution in [-0.4, -0.2) is 29.9 Å². The highest BCUT2D eigenvalue weighted by Gasteiger charge is 2.14. The molecular formula is C15H15NO5. The summed E-state index contributed by atoms with van der Waals surface area (Å²) in [4.78, 5) is 22.8. The Balaban J connectivity index is 2.74. The van der Waals surface area contributed by atoms with Gasteiger partial charge in [-0.05, 0) is 19.1 Å². The standard InChI is InChI=1S/C15H15NO5/c1-9-6-13(17)11(15(18)19)8-16(9)12-7-10(20-2)4-5-14(12)21-3/h4-8H,1-3H3,(H,18,19). The fourth-order valence-corrected chi connectivity index (χ4v) is 2.04. The number of carbonyl (C=O) groups is 1. The Labute approximate surface area is 121 Å². The summed E-state index contributed by atoms with van der Waals surface area (Å²) in [5.74, 6) is -0.129. The van der Waals surface area contributed by atoms with Gasteiger partial charge in [0.1, 0.15) is 17.1 Å². The van der Waals surface area contributed by atoms with Gasteiger partial charge in [0.2, 0.25) is 0 Å². The normalized spacial score (nSPS) is 10.2. The first-order valence-corrected chi connectivity index (χ1v) is 6.17. The molecule has 0 amide bonds. The van der Waals surface area contributed by atoms with Crippen LogP contribution in [0.5, 0.6) is 11.5 Å². The smallest absolute Gasteiger partial charge is 0.341 e. The van der Waals surface area contributed by atoms with E-state index in [1.807, 2.05) is 0 Å². The lowest BCUT2D eigenvalue weighted by Crippen LogP contribution is -2.18. The van der Waals surface area contributed by atoms with Crippen LogP contribution in [0.2, 0.25) is 0 Å². The van der Waals surface area contributed by atoms with Crippen molar-refractivity contribution in [1.82, 2.24) is 4.57 Å². The van der Waals surface area contributed by atoms with Crippen LogP contribution in [0.15, 0.2) is 35.3 Å². The molecule has 2 aromatic rings. The van der Waals surface area contributed by atoms with Crippen molar-refractivity contribution in [2.45, 2.75) is 6.92 Å². The predicted octanol–water partition coefficient (Wildman–Crippen LogP) is 1.86. The minimum atomic E-state index is -1.27. The van der Waals surface area contributed by atoms with Gasteiger partial charge in [0.05, 0.1) is 19.9 Å². The summed E-state index contributed by atoms with van der Waals surface area (Å²) in [6.45, 7) is 1.71. The van der Waals surface area contributed by atoms with Crippen LogP contribution in [0, 0.1) is 6.92 Å². The molecule has 0 spiro atoms. The number of carboxylic acids is 1. The summed E-state index contributed by atoms with van der Waals surface area (Å²) in [6.07, 6.45) is 1.29. The highest BCUT2D eigenvalue weighted by Crippen LogP contribution is 2.28. The predicted molar refractivity (Wildman–Crippen MR) is 76.8 cm³/mol. The van der Waals surface area contributed by atoms with Gasteiger partial charge in [-0.2, -0.15) is 0 Å². The van der Waals surface area contributed by atoms with Crippen molar-refractivity contribution in [1.29, 1.82) is 0 Å². The van der Waals surface area contributed by atoms with Crippen LogP contribution < -0.4 is 14.9 Å². The number of nitrogens with zero attached hydrogens (tertiary/aromatic N) is 1. The fraction of sp³-hybridized carbons (Fsp3) is 0.200. The van der Waals surface area contributed by atoms with Crippen molar-refractivity contribution < 1.29 is 19.4 Å². The number of hydrogen-bond acceptors (Lipinski definition) is 4. The lowest BCUT2D eigenvalue weighted by molar-refractivity contribution is 0.0694. The van der Waals surface area contributed by atoms with E-state index >= 15 is 0 Å². The quantitative estimate of drug-likeness (QED) is 0.929. The largest absolute Gasteiger partial charge is 0.497 e. The summed E-state index contributed by atoms with van der Waals surface area (Å²) in [6, 6.07) is 6.44. The Bertz CT molecular complexity index is 748. The van der Waals surface area contributed by atoms with Gasteiger partial charge in [-0.1, -0.05) is 0 Å². The first-order chi connectivity index (χ1) is 9.97. The van der Waals surface area contributed by atoms with Gasteiger partial charge in [-0.15, -0.1) is 0 Å². The summed E-state index contributed by atoms with van der Waals surface area (Å²) < 4.78 is 12.0. The lowest BCUT2D eigenvalue weighted by Gasteiger charge is -2.16. The van der Waals surface area contributed by atoms with Gasteiger partial charge in [0.15, 0.2) is 5.43 Å². The van der Waals surface area contributed by atoms with Gasteiger partial charge < -0.3 is 19.1 Å². The maximum Gasteiger partial charge on any atom is 0.341 e.